The van der Waals surface area contributed by atoms with Gasteiger partial charge in [-0.15, -0.1) is 13.2 Å². The van der Waals surface area contributed by atoms with E-state index in [1.807, 2.05) is 6.07 Å². The molecule has 1 heterocycles. The number of thiophene rings is 1. The Morgan fingerprint density at radius 3 is 2.04 bits per heavy atom. The molecule has 0 amide bonds. The molecule has 1 aliphatic carbocycles. The Bertz CT molecular complexity index is 654. The fraction of sp³-hybridized carbons (Fsp3) is 0.429. The van der Waals surface area contributed by atoms with Gasteiger partial charge in [0.25, 0.3) is 0 Å². The minimum absolute atomic E-state index is 0.141. The van der Waals surface area contributed by atoms with Gasteiger partial charge < -0.3 is 0 Å². The molecule has 0 bridgehead atoms. The number of rotatable bonds is 1. The lowest BCUT2D eigenvalue weighted by Crippen LogP contribution is -4.29. The molecule has 1 aromatic carbocycles. The van der Waals surface area contributed by atoms with Gasteiger partial charge in [-0.05, 0) is 25.0 Å². The minimum atomic E-state index is -5.94. The first-order chi connectivity index (χ1) is 10.6. The minimum Gasteiger partial charge on any atom is -0.286 e. The Balaban J connectivity index is 0.000000338. The van der Waals surface area contributed by atoms with Crippen molar-refractivity contribution >= 4 is 20.6 Å². The van der Waals surface area contributed by atoms with Gasteiger partial charge in [0.2, 0.25) is 0 Å². The zero-order valence-corrected chi connectivity index (χ0v) is 14.8. The number of hydrogen-bond acceptors (Lipinski definition) is 4. The van der Waals surface area contributed by atoms with E-state index in [-0.39, 0.29) is 5.92 Å². The van der Waals surface area contributed by atoms with Crippen molar-refractivity contribution in [2.45, 2.75) is 37.1 Å². The summed E-state index contributed by atoms with van der Waals surface area (Å²) in [6.45, 7) is 0. The normalized spacial score (nSPS) is 17.3. The number of alkyl halides is 3. The van der Waals surface area contributed by atoms with Gasteiger partial charge in [-0.25, -0.2) is 0 Å². The van der Waals surface area contributed by atoms with Crippen molar-refractivity contribution in [1.29, 1.82) is 0 Å². The first-order valence-corrected chi connectivity index (χ1v) is 11.6. The predicted octanol–water partition coefficient (Wildman–Crippen LogP) is -2.03. The summed E-state index contributed by atoms with van der Waals surface area (Å²) in [6, 6.07) is 8.73. The summed E-state index contributed by atoms with van der Waals surface area (Å²) in [5.41, 5.74) is -4.14. The van der Waals surface area contributed by atoms with E-state index in [1.165, 1.54) is 0 Å². The molecule has 0 N–H and O–H groups in total. The molecule has 0 aliphatic heterocycles. The van der Waals surface area contributed by atoms with Crippen molar-refractivity contribution in [2.75, 3.05) is 0 Å². The van der Waals surface area contributed by atoms with E-state index in [4.69, 9.17) is 13.7 Å². The molecule has 23 heavy (non-hydrogen) atoms. The molecule has 0 saturated heterocycles. The summed E-state index contributed by atoms with van der Waals surface area (Å²) in [4.78, 5) is 0.626. The zero-order valence-electron chi connectivity index (χ0n) is 11.8. The second-order valence-corrected chi connectivity index (χ2v) is 9.34. The van der Waals surface area contributed by atoms with Crippen LogP contribution in [0.25, 0.3) is 10.1 Å². The van der Waals surface area contributed by atoms with Gasteiger partial charge in [0.15, 0.2) is 9.58 Å². The second-order valence-electron chi connectivity index (χ2n) is 5.20. The summed E-state index contributed by atoms with van der Waals surface area (Å²) >= 11 is -5.94. The zero-order chi connectivity index (χ0) is 17.3. The van der Waals surface area contributed by atoms with Crippen molar-refractivity contribution in [1.82, 2.24) is 0 Å². The van der Waals surface area contributed by atoms with Crippen LogP contribution in [0, 0.1) is 0 Å². The van der Waals surface area contributed by atoms with Crippen LogP contribution in [0.4, 0.5) is 13.2 Å². The maximum absolute atomic E-state index is 13.3. The van der Waals surface area contributed by atoms with Crippen LogP contribution >= 0.6 is 10.5 Å². The molecule has 1 fully saturated rings. The lowest BCUT2D eigenvalue weighted by Gasteiger charge is -2.08. The maximum atomic E-state index is 13.3. The van der Waals surface area contributed by atoms with Gasteiger partial charge >= 0.3 is 5.51 Å². The highest BCUT2D eigenvalue weighted by Gasteiger charge is 2.49. The molecule has 9 heteroatoms. The Morgan fingerprint density at radius 1 is 1.00 bits per heavy atom. The summed E-state index contributed by atoms with van der Waals surface area (Å²) in [5.74, 6) is 0.141. The van der Waals surface area contributed by atoms with Crippen molar-refractivity contribution in [2.24, 2.45) is 0 Å². The van der Waals surface area contributed by atoms with E-state index in [1.54, 1.807) is 24.3 Å². The van der Waals surface area contributed by atoms with Crippen molar-refractivity contribution in [3.05, 3.63) is 35.2 Å². The third-order valence-electron chi connectivity index (χ3n) is 3.66. The van der Waals surface area contributed by atoms with Crippen LogP contribution in [0.15, 0.2) is 30.3 Å². The Morgan fingerprint density at radius 2 is 1.52 bits per heavy atom. The van der Waals surface area contributed by atoms with Crippen LogP contribution in [0.3, 0.4) is 0 Å². The Labute approximate surface area is 139 Å². The predicted molar refractivity (Wildman–Crippen MR) is 68.9 cm³/mol. The molecule has 3 rings (SSSR count). The molecule has 2 aromatic rings. The largest absolute Gasteiger partial charge is 0.600 e. The molecule has 1 saturated carbocycles. The molecular formula is C14H14F3IO4S. The smallest absolute Gasteiger partial charge is 0.286 e. The topological polar surface area (TPSA) is 92.2 Å². The molecule has 4 nitrogen and oxygen atoms in total. The molecule has 1 aliphatic rings. The van der Waals surface area contributed by atoms with Crippen LogP contribution in [0.2, 0.25) is 0 Å². The Kier molecular flexibility index (Phi) is 5.90. The van der Waals surface area contributed by atoms with Crippen molar-refractivity contribution < 1.29 is 47.0 Å². The first-order valence-electron chi connectivity index (χ1n) is 6.81. The van der Waals surface area contributed by atoms with Crippen molar-refractivity contribution in [3.63, 3.8) is 0 Å². The van der Waals surface area contributed by atoms with Crippen LogP contribution in [-0.2, 0) is 5.51 Å². The molecule has 1 atom stereocenters. The van der Waals surface area contributed by atoms with E-state index in [0.717, 1.165) is 31.1 Å². The summed E-state index contributed by atoms with van der Waals surface area (Å²) < 4.78 is 74.9. The Hall–Kier alpha value is -0.460. The van der Waals surface area contributed by atoms with E-state index in [0.29, 0.717) is 9.58 Å². The SMILES string of the molecule is FC(F)(F)[s+]1c(C2CCCC2)cc2ccccc21.[O-][I+3]([O-])([O-])[O-]. The van der Waals surface area contributed by atoms with Gasteiger partial charge in [0.05, 0.1) is 10.5 Å². The maximum Gasteiger partial charge on any atom is 0.600 e. The average molecular weight is 462 g/mol. The monoisotopic (exact) mass is 462 g/mol. The number of benzene rings is 1. The van der Waals surface area contributed by atoms with Crippen LogP contribution in [0.5, 0.6) is 0 Å². The number of halogens is 4. The molecule has 128 valence electrons. The van der Waals surface area contributed by atoms with Crippen LogP contribution in [-0.4, -0.2) is 0 Å². The van der Waals surface area contributed by atoms with Crippen molar-refractivity contribution in [3.8, 4) is 0 Å². The average Bonchev–Trinajstić information content (AvgIpc) is 3.02. The molecule has 1 unspecified atom stereocenters. The lowest BCUT2D eigenvalue weighted by atomic mass is 10.1. The molecule has 0 radical (unpaired) electrons. The third-order valence-corrected chi connectivity index (χ3v) is 5.86. The van der Waals surface area contributed by atoms with E-state index < -0.39 is 36.1 Å². The van der Waals surface area contributed by atoms with E-state index in [2.05, 4.69) is 0 Å². The summed E-state index contributed by atoms with van der Waals surface area (Å²) in [7, 11) is -1.69. The van der Waals surface area contributed by atoms with Gasteiger partial charge in [-0.2, -0.15) is 0 Å². The molecule has 1 aromatic heterocycles. The van der Waals surface area contributed by atoms with E-state index >= 15 is 0 Å². The number of fused-ring (bicyclic) bond motifs is 1. The van der Waals surface area contributed by atoms with Gasteiger partial charge in [-0.3, -0.25) is 13.7 Å². The van der Waals surface area contributed by atoms with Gasteiger partial charge in [-0.1, -0.05) is 25.0 Å². The summed E-state index contributed by atoms with van der Waals surface area (Å²) in [5, 5.41) is 0.764. The molecule has 0 spiro atoms. The highest BCUT2D eigenvalue weighted by molar-refractivity contribution is 7.38. The highest BCUT2D eigenvalue weighted by atomic mass is 127. The van der Waals surface area contributed by atoms with Crippen LogP contribution in [0.1, 0.15) is 36.5 Å². The highest BCUT2D eigenvalue weighted by Crippen LogP contribution is 2.55. The fourth-order valence-electron chi connectivity index (χ4n) is 2.88. The summed E-state index contributed by atoms with van der Waals surface area (Å²) in [6.07, 6.45) is 3.96. The van der Waals surface area contributed by atoms with Crippen LogP contribution < -0.4 is 33.8 Å². The lowest BCUT2D eigenvalue weighted by molar-refractivity contribution is -2.00. The van der Waals surface area contributed by atoms with Gasteiger partial charge in [0, 0.05) is 17.4 Å². The van der Waals surface area contributed by atoms with Gasteiger partial charge in [0.1, 0.15) is 20.1 Å². The second kappa shape index (κ2) is 7.19. The standard InChI is InChI=1S/C14H14F3S.IO4/c15-14(16,17)18-12-8-4-3-7-11(12)9-13(18)10-5-1-2-6-10;2-1(3,4)5/h3-4,7-10H,1-2,5-6H2;/q+1;-1. The third kappa shape index (κ3) is 5.26. The van der Waals surface area contributed by atoms with E-state index in [9.17, 15) is 13.2 Å². The fourth-order valence-corrected chi connectivity index (χ4v) is 5.04. The quantitative estimate of drug-likeness (QED) is 0.361. The first kappa shape index (κ1) is 18.9. The number of hydrogen-bond donors (Lipinski definition) is 0. The molecular weight excluding hydrogens is 448 g/mol.